The van der Waals surface area contributed by atoms with Crippen LogP contribution in [0.5, 0.6) is 5.88 Å². The van der Waals surface area contributed by atoms with Crippen molar-refractivity contribution >= 4 is 11.9 Å². The van der Waals surface area contributed by atoms with Crippen LogP contribution in [-0.4, -0.2) is 53.2 Å². The van der Waals surface area contributed by atoms with E-state index >= 15 is 0 Å². The quantitative estimate of drug-likeness (QED) is 0.894. The second-order valence-corrected chi connectivity index (χ2v) is 4.74. The van der Waals surface area contributed by atoms with Crippen LogP contribution in [0.2, 0.25) is 0 Å². The topological polar surface area (TPSA) is 70.2 Å². The highest BCUT2D eigenvalue weighted by Gasteiger charge is 2.21. The normalized spacial score (nSPS) is 15.5. The summed E-state index contributed by atoms with van der Waals surface area (Å²) >= 11 is 0. The minimum Gasteiger partial charge on any atom is -0.481 e. The Morgan fingerprint density at radius 2 is 1.90 bits per heavy atom. The predicted octanol–water partition coefficient (Wildman–Crippen LogP) is 0.843. The monoisotopic (exact) mass is 274 g/mol. The van der Waals surface area contributed by atoms with Crippen LogP contribution in [0.1, 0.15) is 5.69 Å². The van der Waals surface area contributed by atoms with E-state index in [1.54, 1.807) is 13.3 Å². The molecule has 1 N–H and O–H groups in total. The molecule has 0 bridgehead atoms. The number of piperazine rings is 1. The first-order valence-electron chi connectivity index (χ1n) is 6.65. The molecule has 7 nitrogen and oxygen atoms in total. The van der Waals surface area contributed by atoms with Gasteiger partial charge in [-0.25, -0.2) is 9.97 Å². The van der Waals surface area contributed by atoms with Gasteiger partial charge in [-0.3, -0.25) is 0 Å². The average molecular weight is 274 g/mol. The lowest BCUT2D eigenvalue weighted by molar-refractivity contribution is 0.396. The van der Waals surface area contributed by atoms with Gasteiger partial charge in [0.05, 0.1) is 7.11 Å². The van der Waals surface area contributed by atoms with Crippen molar-refractivity contribution in [1.29, 1.82) is 0 Å². The molecule has 20 heavy (non-hydrogen) atoms. The van der Waals surface area contributed by atoms with E-state index in [0.717, 1.165) is 43.8 Å². The van der Waals surface area contributed by atoms with Gasteiger partial charge in [0.25, 0.3) is 0 Å². The van der Waals surface area contributed by atoms with Crippen molar-refractivity contribution in [2.75, 3.05) is 43.1 Å². The number of aromatic nitrogens is 4. The van der Waals surface area contributed by atoms with Crippen molar-refractivity contribution in [3.8, 4) is 5.88 Å². The van der Waals surface area contributed by atoms with Crippen molar-refractivity contribution in [2.24, 2.45) is 0 Å². The molecule has 1 aliphatic rings. The fourth-order valence-electron chi connectivity index (χ4n) is 2.32. The van der Waals surface area contributed by atoms with Crippen molar-refractivity contribution in [3.05, 3.63) is 24.2 Å². The molecule has 106 valence electrons. The number of nitrogens with one attached hydrogen (secondary N) is 1. The number of ether oxygens (including phenoxy) is 1. The highest BCUT2D eigenvalue weighted by molar-refractivity contribution is 5.39. The maximum Gasteiger partial charge on any atom is 0.228 e. The van der Waals surface area contributed by atoms with E-state index in [1.807, 2.05) is 19.2 Å². The van der Waals surface area contributed by atoms with Crippen LogP contribution in [0.25, 0.3) is 0 Å². The zero-order valence-corrected chi connectivity index (χ0v) is 11.7. The fourth-order valence-corrected chi connectivity index (χ4v) is 2.32. The van der Waals surface area contributed by atoms with Crippen LogP contribution in [0.15, 0.2) is 18.5 Å². The molecule has 3 heterocycles. The van der Waals surface area contributed by atoms with E-state index in [9.17, 15) is 0 Å². The van der Waals surface area contributed by atoms with Crippen LogP contribution >= 0.6 is 0 Å². The Bertz CT molecular complexity index is 562. The molecule has 0 aliphatic carbocycles. The van der Waals surface area contributed by atoms with Gasteiger partial charge in [0, 0.05) is 50.3 Å². The van der Waals surface area contributed by atoms with Crippen LogP contribution in [0.4, 0.5) is 11.9 Å². The summed E-state index contributed by atoms with van der Waals surface area (Å²) in [4.78, 5) is 20.7. The largest absolute Gasteiger partial charge is 0.481 e. The summed E-state index contributed by atoms with van der Waals surface area (Å²) in [6.45, 7) is 5.48. The molecule has 0 spiro atoms. The van der Waals surface area contributed by atoms with Crippen molar-refractivity contribution in [2.45, 2.75) is 6.92 Å². The number of aryl methyl sites for hydroxylation is 1. The Balaban J connectivity index is 1.70. The van der Waals surface area contributed by atoms with E-state index in [0.29, 0.717) is 5.88 Å². The molecule has 7 heteroatoms. The maximum atomic E-state index is 5.20. The highest BCUT2D eigenvalue weighted by atomic mass is 16.5. The molecule has 0 amide bonds. The van der Waals surface area contributed by atoms with Gasteiger partial charge in [-0.2, -0.15) is 4.98 Å². The van der Waals surface area contributed by atoms with Gasteiger partial charge >= 0.3 is 0 Å². The lowest BCUT2D eigenvalue weighted by Crippen LogP contribution is -2.47. The van der Waals surface area contributed by atoms with Crippen molar-refractivity contribution in [1.82, 2.24) is 19.9 Å². The molecule has 1 aliphatic heterocycles. The summed E-state index contributed by atoms with van der Waals surface area (Å²) in [5.41, 5.74) is 0.917. The second kappa shape index (κ2) is 5.36. The molecule has 0 aromatic carbocycles. The number of nitrogens with zero attached hydrogens (tertiary/aromatic N) is 5. The third-order valence-corrected chi connectivity index (χ3v) is 3.37. The molecular formula is C13H18N6O. The Labute approximate surface area is 117 Å². The van der Waals surface area contributed by atoms with E-state index in [1.165, 1.54) is 0 Å². The van der Waals surface area contributed by atoms with Crippen molar-refractivity contribution < 1.29 is 4.74 Å². The minimum absolute atomic E-state index is 0.612. The first kappa shape index (κ1) is 12.7. The molecule has 2 aromatic heterocycles. The van der Waals surface area contributed by atoms with Crippen molar-refractivity contribution in [3.63, 3.8) is 0 Å². The summed E-state index contributed by atoms with van der Waals surface area (Å²) in [7, 11) is 1.63. The third-order valence-electron chi connectivity index (χ3n) is 3.37. The van der Waals surface area contributed by atoms with E-state index < -0.39 is 0 Å². The van der Waals surface area contributed by atoms with Crippen LogP contribution in [-0.2, 0) is 0 Å². The predicted molar refractivity (Wildman–Crippen MR) is 76.3 cm³/mol. The summed E-state index contributed by atoms with van der Waals surface area (Å²) in [5, 5.41) is 0. The summed E-state index contributed by atoms with van der Waals surface area (Å²) in [6.07, 6.45) is 3.62. The Hall–Kier alpha value is -2.31. The van der Waals surface area contributed by atoms with E-state index in [2.05, 4.69) is 29.7 Å². The molecule has 1 saturated heterocycles. The Kier molecular flexibility index (Phi) is 3.41. The zero-order chi connectivity index (χ0) is 13.9. The number of methoxy groups -OCH3 is 1. The fraction of sp³-hybridized carbons (Fsp3) is 0.462. The summed E-state index contributed by atoms with van der Waals surface area (Å²) in [5.74, 6) is 2.27. The van der Waals surface area contributed by atoms with Gasteiger partial charge in [0.15, 0.2) is 0 Å². The molecule has 2 aromatic rings. The van der Waals surface area contributed by atoms with Crippen LogP contribution in [0.3, 0.4) is 0 Å². The minimum atomic E-state index is 0.612. The van der Waals surface area contributed by atoms with E-state index in [-0.39, 0.29) is 0 Å². The number of hydrogen-bond acceptors (Lipinski definition) is 6. The number of aromatic amines is 1. The van der Waals surface area contributed by atoms with Gasteiger partial charge in [-0.1, -0.05) is 0 Å². The first-order valence-corrected chi connectivity index (χ1v) is 6.65. The number of hydrogen-bond donors (Lipinski definition) is 1. The summed E-state index contributed by atoms with van der Waals surface area (Å²) < 4.78 is 5.20. The zero-order valence-electron chi connectivity index (χ0n) is 11.7. The number of anilines is 2. The van der Waals surface area contributed by atoms with Gasteiger partial charge in [-0.05, 0) is 6.92 Å². The van der Waals surface area contributed by atoms with E-state index in [4.69, 9.17) is 4.74 Å². The Morgan fingerprint density at radius 1 is 1.15 bits per heavy atom. The lowest BCUT2D eigenvalue weighted by Gasteiger charge is -2.34. The first-order chi connectivity index (χ1) is 9.76. The number of H-pyrrole nitrogens is 1. The molecule has 0 radical (unpaired) electrons. The third kappa shape index (κ3) is 2.52. The lowest BCUT2D eigenvalue weighted by atomic mass is 10.3. The molecule has 0 saturated carbocycles. The second-order valence-electron chi connectivity index (χ2n) is 4.74. The van der Waals surface area contributed by atoms with Gasteiger partial charge in [-0.15, -0.1) is 0 Å². The SMILES string of the molecule is COc1cc(C)nc(N2CCN(c3ncc[nH]3)CC2)n1. The molecule has 0 unspecified atom stereocenters. The number of imidazole rings is 1. The highest BCUT2D eigenvalue weighted by Crippen LogP contribution is 2.18. The van der Waals surface area contributed by atoms with Gasteiger partial charge in [0.2, 0.25) is 17.8 Å². The van der Waals surface area contributed by atoms with Gasteiger partial charge < -0.3 is 19.5 Å². The standard InChI is InChI=1S/C13H18N6O/c1-10-9-11(20-2)17-13(16-10)19-7-5-18(6-8-19)12-14-3-4-15-12/h3-4,9H,5-8H2,1-2H3,(H,14,15). The maximum absolute atomic E-state index is 5.20. The Morgan fingerprint density at radius 3 is 2.55 bits per heavy atom. The molecule has 1 fully saturated rings. The van der Waals surface area contributed by atoms with Crippen LogP contribution < -0.4 is 14.5 Å². The molecular weight excluding hydrogens is 256 g/mol. The molecule has 3 rings (SSSR count). The van der Waals surface area contributed by atoms with Gasteiger partial charge in [0.1, 0.15) is 0 Å². The molecule has 0 atom stereocenters. The number of rotatable bonds is 3. The average Bonchev–Trinajstić information content (AvgIpc) is 3.01. The summed E-state index contributed by atoms with van der Waals surface area (Å²) in [6, 6.07) is 1.84. The smallest absolute Gasteiger partial charge is 0.228 e. The van der Waals surface area contributed by atoms with Crippen LogP contribution in [0, 0.1) is 6.92 Å².